The van der Waals surface area contributed by atoms with E-state index in [2.05, 4.69) is 5.32 Å². The molecule has 0 heterocycles. The maximum Gasteiger partial charge on any atom is 0.238 e. The number of hydrogen-bond donors (Lipinski definition) is 2. The van der Waals surface area contributed by atoms with E-state index in [1.165, 1.54) is 0 Å². The van der Waals surface area contributed by atoms with E-state index in [1.54, 1.807) is 31.4 Å². The first-order valence-corrected chi connectivity index (χ1v) is 8.00. The molecule has 128 valence electrons. The second-order valence-electron chi connectivity index (χ2n) is 5.30. The largest absolute Gasteiger partial charge is 0.496 e. The maximum absolute atomic E-state index is 12.2. The average Bonchev–Trinajstić information content (AvgIpc) is 2.55. The first-order valence-electron chi connectivity index (χ1n) is 7.63. The Morgan fingerprint density at radius 2 is 2.04 bits per heavy atom. The van der Waals surface area contributed by atoms with Crippen molar-refractivity contribution in [1.82, 2.24) is 4.90 Å². The lowest BCUT2D eigenvalue weighted by molar-refractivity contribution is -0.117. The molecular formula is C18H21ClN2O3. The molecule has 2 aromatic rings. The molecule has 2 rings (SSSR count). The van der Waals surface area contributed by atoms with Crippen molar-refractivity contribution < 1.29 is 14.6 Å². The quantitative estimate of drug-likeness (QED) is 0.770. The lowest BCUT2D eigenvalue weighted by Crippen LogP contribution is -2.35. The van der Waals surface area contributed by atoms with Gasteiger partial charge in [-0.1, -0.05) is 35.9 Å². The summed E-state index contributed by atoms with van der Waals surface area (Å²) in [5.41, 5.74) is 1.61. The van der Waals surface area contributed by atoms with Crippen LogP contribution in [0.25, 0.3) is 0 Å². The third kappa shape index (κ3) is 5.53. The van der Waals surface area contributed by atoms with Crippen molar-refractivity contribution in [3.8, 4) is 5.75 Å². The number of nitrogens with zero attached hydrogens (tertiary/aromatic N) is 1. The Morgan fingerprint density at radius 3 is 2.75 bits per heavy atom. The van der Waals surface area contributed by atoms with E-state index in [0.717, 1.165) is 11.3 Å². The number of amides is 1. The highest BCUT2D eigenvalue weighted by atomic mass is 35.5. The summed E-state index contributed by atoms with van der Waals surface area (Å²) in [6, 6.07) is 14.6. The molecule has 0 atom stereocenters. The van der Waals surface area contributed by atoms with Gasteiger partial charge in [-0.25, -0.2) is 0 Å². The summed E-state index contributed by atoms with van der Waals surface area (Å²) in [7, 11) is 1.61. The van der Waals surface area contributed by atoms with Crippen LogP contribution in [0.5, 0.6) is 5.75 Å². The smallest absolute Gasteiger partial charge is 0.238 e. The topological polar surface area (TPSA) is 61.8 Å². The fourth-order valence-corrected chi connectivity index (χ4v) is 2.59. The predicted octanol–water partition coefficient (Wildman–Crippen LogP) is 2.78. The summed E-state index contributed by atoms with van der Waals surface area (Å²) in [6.07, 6.45) is 0. The van der Waals surface area contributed by atoms with Crippen LogP contribution in [0.3, 0.4) is 0 Å². The molecule has 0 radical (unpaired) electrons. The molecule has 0 spiro atoms. The molecule has 2 aromatic carbocycles. The number of aliphatic hydroxyl groups excluding tert-OH is 1. The second-order valence-corrected chi connectivity index (χ2v) is 5.74. The number of halogens is 1. The molecule has 1 amide bonds. The lowest BCUT2D eigenvalue weighted by Gasteiger charge is -2.22. The molecule has 0 unspecified atom stereocenters. The number of carbonyl (C=O) groups excluding carboxylic acids is 1. The van der Waals surface area contributed by atoms with Crippen molar-refractivity contribution in [1.29, 1.82) is 0 Å². The van der Waals surface area contributed by atoms with E-state index in [0.29, 0.717) is 23.8 Å². The molecule has 2 N–H and O–H groups in total. The van der Waals surface area contributed by atoms with E-state index in [-0.39, 0.29) is 19.1 Å². The van der Waals surface area contributed by atoms with Gasteiger partial charge < -0.3 is 15.2 Å². The lowest BCUT2D eigenvalue weighted by atomic mass is 10.2. The predicted molar refractivity (Wildman–Crippen MR) is 95.4 cm³/mol. The fourth-order valence-electron chi connectivity index (χ4n) is 2.40. The van der Waals surface area contributed by atoms with Crippen molar-refractivity contribution >= 4 is 23.2 Å². The number of nitrogens with one attached hydrogen (secondary N) is 1. The molecule has 0 bridgehead atoms. The first kappa shape index (κ1) is 18.3. The van der Waals surface area contributed by atoms with E-state index in [4.69, 9.17) is 16.3 Å². The molecule has 0 aliphatic heterocycles. The number of hydrogen-bond acceptors (Lipinski definition) is 4. The summed E-state index contributed by atoms with van der Waals surface area (Å²) < 4.78 is 5.33. The summed E-state index contributed by atoms with van der Waals surface area (Å²) in [5, 5.41) is 12.6. The monoisotopic (exact) mass is 348 g/mol. The minimum atomic E-state index is -0.166. The van der Waals surface area contributed by atoms with Crippen molar-refractivity contribution in [2.24, 2.45) is 0 Å². The molecule has 0 fully saturated rings. The molecule has 0 aliphatic rings. The normalized spacial score (nSPS) is 10.7. The van der Waals surface area contributed by atoms with Crippen LogP contribution in [0.1, 0.15) is 5.56 Å². The van der Waals surface area contributed by atoms with E-state index in [1.807, 2.05) is 29.2 Å². The fraction of sp³-hybridized carbons (Fsp3) is 0.278. The van der Waals surface area contributed by atoms with Crippen molar-refractivity contribution in [2.75, 3.05) is 32.1 Å². The summed E-state index contributed by atoms with van der Waals surface area (Å²) in [6.45, 7) is 1.03. The zero-order valence-corrected chi connectivity index (χ0v) is 14.3. The number of ether oxygens (including phenoxy) is 1. The van der Waals surface area contributed by atoms with Gasteiger partial charge in [-0.2, -0.15) is 0 Å². The number of carbonyl (C=O) groups is 1. The van der Waals surface area contributed by atoms with Gasteiger partial charge in [0.15, 0.2) is 0 Å². The van der Waals surface area contributed by atoms with Gasteiger partial charge in [0, 0.05) is 29.4 Å². The van der Waals surface area contributed by atoms with Crippen molar-refractivity contribution in [3.05, 3.63) is 59.1 Å². The number of aliphatic hydroxyl groups is 1. The standard InChI is InChI=1S/C18H21ClN2O3/c1-24-17-8-3-2-5-14(17)12-21(9-10-22)13-18(23)20-16-7-4-6-15(19)11-16/h2-8,11,22H,9-10,12-13H2,1H3,(H,20,23). The minimum Gasteiger partial charge on any atom is -0.496 e. The van der Waals surface area contributed by atoms with Crippen LogP contribution in [0.2, 0.25) is 5.02 Å². The molecule has 0 aliphatic carbocycles. The first-order chi connectivity index (χ1) is 11.6. The van der Waals surface area contributed by atoms with Gasteiger partial charge in [0.25, 0.3) is 0 Å². The summed E-state index contributed by atoms with van der Waals surface area (Å²) >= 11 is 5.92. The molecule has 6 heteroatoms. The van der Waals surface area contributed by atoms with Crippen molar-refractivity contribution in [3.63, 3.8) is 0 Å². The van der Waals surface area contributed by atoms with Gasteiger partial charge in [0.1, 0.15) is 5.75 Å². The Balaban J connectivity index is 2.01. The van der Waals surface area contributed by atoms with Crippen LogP contribution in [-0.4, -0.2) is 42.7 Å². The number of para-hydroxylation sites is 1. The number of benzene rings is 2. The van der Waals surface area contributed by atoms with Crippen LogP contribution < -0.4 is 10.1 Å². The van der Waals surface area contributed by atoms with Gasteiger partial charge in [0.2, 0.25) is 5.91 Å². The molecule has 0 saturated heterocycles. The van der Waals surface area contributed by atoms with Gasteiger partial charge >= 0.3 is 0 Å². The molecule has 0 saturated carbocycles. The SMILES string of the molecule is COc1ccccc1CN(CCO)CC(=O)Nc1cccc(Cl)c1. The van der Waals surface area contributed by atoms with Gasteiger partial charge in [-0.3, -0.25) is 9.69 Å². The van der Waals surface area contributed by atoms with Gasteiger partial charge in [-0.15, -0.1) is 0 Å². The van der Waals surface area contributed by atoms with Crippen LogP contribution in [-0.2, 0) is 11.3 Å². The second kappa shape index (κ2) is 9.27. The Morgan fingerprint density at radius 1 is 1.25 bits per heavy atom. The third-order valence-electron chi connectivity index (χ3n) is 3.48. The zero-order chi connectivity index (χ0) is 17.4. The highest BCUT2D eigenvalue weighted by Crippen LogP contribution is 2.19. The molecule has 0 aromatic heterocycles. The highest BCUT2D eigenvalue weighted by molar-refractivity contribution is 6.30. The summed E-state index contributed by atoms with van der Waals surface area (Å²) in [4.78, 5) is 14.1. The maximum atomic E-state index is 12.2. The van der Waals surface area contributed by atoms with Gasteiger partial charge in [0.05, 0.1) is 20.3 Å². The average molecular weight is 349 g/mol. The Bertz CT molecular complexity index is 679. The molecular weight excluding hydrogens is 328 g/mol. The van der Waals surface area contributed by atoms with Crippen molar-refractivity contribution in [2.45, 2.75) is 6.54 Å². The molecule has 5 nitrogen and oxygen atoms in total. The van der Waals surface area contributed by atoms with Crippen LogP contribution >= 0.6 is 11.6 Å². The minimum absolute atomic E-state index is 0.0282. The summed E-state index contributed by atoms with van der Waals surface area (Å²) in [5.74, 6) is 0.594. The highest BCUT2D eigenvalue weighted by Gasteiger charge is 2.13. The van der Waals surface area contributed by atoms with Crippen LogP contribution in [0, 0.1) is 0 Å². The molecule has 24 heavy (non-hydrogen) atoms. The van der Waals surface area contributed by atoms with Crippen LogP contribution in [0.15, 0.2) is 48.5 Å². The van der Waals surface area contributed by atoms with E-state index >= 15 is 0 Å². The number of rotatable bonds is 8. The van der Waals surface area contributed by atoms with E-state index in [9.17, 15) is 9.90 Å². The number of methoxy groups -OCH3 is 1. The van der Waals surface area contributed by atoms with Crippen LogP contribution in [0.4, 0.5) is 5.69 Å². The Kier molecular flexibility index (Phi) is 7.06. The van der Waals surface area contributed by atoms with Gasteiger partial charge in [-0.05, 0) is 24.3 Å². The Hall–Kier alpha value is -2.08. The zero-order valence-electron chi connectivity index (χ0n) is 13.5. The Labute approximate surface area is 146 Å². The third-order valence-corrected chi connectivity index (χ3v) is 3.71. The van der Waals surface area contributed by atoms with E-state index < -0.39 is 0 Å². The number of anilines is 1.